The zero-order valence-electron chi connectivity index (χ0n) is 12.1. The highest BCUT2D eigenvalue weighted by atomic mass is 19.1. The average molecular weight is 273 g/mol. The van der Waals surface area contributed by atoms with Crippen LogP contribution in [0.25, 0.3) is 0 Å². The quantitative estimate of drug-likeness (QED) is 0.893. The van der Waals surface area contributed by atoms with E-state index in [-0.39, 0.29) is 11.9 Å². The Hall–Kier alpha value is -1.87. The van der Waals surface area contributed by atoms with Gasteiger partial charge in [-0.25, -0.2) is 4.39 Å². The molecule has 3 heteroatoms. The van der Waals surface area contributed by atoms with E-state index in [1.807, 2.05) is 32.0 Å². The molecule has 1 unspecified atom stereocenters. The molecular weight excluding hydrogens is 253 g/mol. The van der Waals surface area contributed by atoms with Crippen LogP contribution < -0.4 is 10.1 Å². The molecular formula is C17H20FNO. The van der Waals surface area contributed by atoms with Crippen molar-refractivity contribution in [3.8, 4) is 5.75 Å². The molecule has 1 N–H and O–H groups in total. The van der Waals surface area contributed by atoms with E-state index in [9.17, 15) is 4.39 Å². The Balaban J connectivity index is 2.50. The molecule has 0 heterocycles. The molecule has 0 aliphatic rings. The summed E-state index contributed by atoms with van der Waals surface area (Å²) in [5, 5.41) is 3.40. The average Bonchev–Trinajstić information content (AvgIpc) is 2.44. The predicted octanol–water partition coefficient (Wildman–Crippen LogP) is 3.84. The Bertz CT molecular complexity index is 583. The van der Waals surface area contributed by atoms with Gasteiger partial charge in [-0.1, -0.05) is 36.8 Å². The predicted molar refractivity (Wildman–Crippen MR) is 79.7 cm³/mol. The lowest BCUT2D eigenvalue weighted by atomic mass is 9.96. The topological polar surface area (TPSA) is 21.3 Å². The summed E-state index contributed by atoms with van der Waals surface area (Å²) in [5.41, 5.74) is 3.08. The molecule has 0 radical (unpaired) electrons. The zero-order valence-corrected chi connectivity index (χ0v) is 12.1. The van der Waals surface area contributed by atoms with Crippen LogP contribution in [0.1, 0.15) is 29.7 Å². The number of rotatable bonds is 5. The Morgan fingerprint density at radius 3 is 2.65 bits per heavy atom. The Kier molecular flexibility index (Phi) is 4.74. The van der Waals surface area contributed by atoms with Gasteiger partial charge in [-0.3, -0.25) is 0 Å². The number of methoxy groups -OCH3 is 1. The lowest BCUT2D eigenvalue weighted by Crippen LogP contribution is -2.22. The fraction of sp³-hybridized carbons (Fsp3) is 0.294. The fourth-order valence-electron chi connectivity index (χ4n) is 2.38. The summed E-state index contributed by atoms with van der Waals surface area (Å²) in [6.07, 6.45) is 0. The van der Waals surface area contributed by atoms with Crippen molar-refractivity contribution in [2.24, 2.45) is 0 Å². The van der Waals surface area contributed by atoms with Crippen LogP contribution in [-0.4, -0.2) is 13.7 Å². The molecule has 0 bridgehead atoms. The number of ether oxygens (including phenoxy) is 1. The molecule has 2 rings (SSSR count). The van der Waals surface area contributed by atoms with Crippen LogP contribution in [0.2, 0.25) is 0 Å². The molecule has 20 heavy (non-hydrogen) atoms. The maximum Gasteiger partial charge on any atom is 0.123 e. The first-order valence-electron chi connectivity index (χ1n) is 6.79. The third kappa shape index (κ3) is 3.17. The summed E-state index contributed by atoms with van der Waals surface area (Å²) in [7, 11) is 1.66. The molecule has 0 amide bonds. The van der Waals surface area contributed by atoms with Gasteiger partial charge in [0.15, 0.2) is 0 Å². The van der Waals surface area contributed by atoms with Crippen LogP contribution in [0.15, 0.2) is 42.5 Å². The Labute approximate surface area is 119 Å². The molecule has 0 fully saturated rings. The monoisotopic (exact) mass is 273 g/mol. The third-order valence-electron chi connectivity index (χ3n) is 3.29. The van der Waals surface area contributed by atoms with Gasteiger partial charge >= 0.3 is 0 Å². The molecule has 0 saturated heterocycles. The number of hydrogen-bond acceptors (Lipinski definition) is 2. The lowest BCUT2D eigenvalue weighted by molar-refractivity contribution is 0.404. The molecule has 0 aliphatic heterocycles. The van der Waals surface area contributed by atoms with Gasteiger partial charge in [-0.2, -0.15) is 0 Å². The van der Waals surface area contributed by atoms with E-state index < -0.39 is 0 Å². The summed E-state index contributed by atoms with van der Waals surface area (Å²) in [4.78, 5) is 0. The molecule has 0 saturated carbocycles. The van der Waals surface area contributed by atoms with E-state index in [4.69, 9.17) is 4.74 Å². The number of benzene rings is 2. The van der Waals surface area contributed by atoms with E-state index in [1.54, 1.807) is 19.2 Å². The summed E-state index contributed by atoms with van der Waals surface area (Å²) >= 11 is 0. The molecule has 2 aromatic rings. The SMILES string of the molecule is CCNC(c1cccc(F)c1)c1cc(C)ccc1OC. The van der Waals surface area contributed by atoms with E-state index in [0.717, 1.165) is 29.0 Å². The fourth-order valence-corrected chi connectivity index (χ4v) is 2.38. The van der Waals surface area contributed by atoms with Crippen molar-refractivity contribution < 1.29 is 9.13 Å². The molecule has 2 aromatic carbocycles. The second kappa shape index (κ2) is 6.53. The van der Waals surface area contributed by atoms with Gasteiger partial charge in [0.2, 0.25) is 0 Å². The highest BCUT2D eigenvalue weighted by Gasteiger charge is 2.18. The molecule has 1 atom stereocenters. The van der Waals surface area contributed by atoms with Gasteiger partial charge in [-0.05, 0) is 37.2 Å². The van der Waals surface area contributed by atoms with Gasteiger partial charge in [0.1, 0.15) is 11.6 Å². The Morgan fingerprint density at radius 2 is 2.00 bits per heavy atom. The highest BCUT2D eigenvalue weighted by molar-refractivity contribution is 5.43. The van der Waals surface area contributed by atoms with Gasteiger partial charge in [0, 0.05) is 5.56 Å². The third-order valence-corrected chi connectivity index (χ3v) is 3.29. The summed E-state index contributed by atoms with van der Waals surface area (Å²) < 4.78 is 18.9. The standard InChI is InChI=1S/C17H20FNO/c1-4-19-17(13-6-5-7-14(18)11-13)15-10-12(2)8-9-16(15)20-3/h5-11,17,19H,4H2,1-3H3. The van der Waals surface area contributed by atoms with Crippen LogP contribution in [0.4, 0.5) is 4.39 Å². The first-order chi connectivity index (χ1) is 9.65. The van der Waals surface area contributed by atoms with Gasteiger partial charge in [-0.15, -0.1) is 0 Å². The van der Waals surface area contributed by atoms with Crippen molar-refractivity contribution in [3.05, 3.63) is 65.0 Å². The number of aryl methyl sites for hydroxylation is 1. The second-order valence-electron chi connectivity index (χ2n) is 4.79. The molecule has 0 aromatic heterocycles. The minimum Gasteiger partial charge on any atom is -0.496 e. The van der Waals surface area contributed by atoms with Gasteiger partial charge in [0.05, 0.1) is 13.2 Å². The van der Waals surface area contributed by atoms with Crippen molar-refractivity contribution in [1.82, 2.24) is 5.32 Å². The maximum absolute atomic E-state index is 13.5. The van der Waals surface area contributed by atoms with Crippen molar-refractivity contribution in [2.75, 3.05) is 13.7 Å². The smallest absolute Gasteiger partial charge is 0.123 e. The van der Waals surface area contributed by atoms with Crippen LogP contribution in [-0.2, 0) is 0 Å². The van der Waals surface area contributed by atoms with E-state index >= 15 is 0 Å². The van der Waals surface area contributed by atoms with E-state index in [1.165, 1.54) is 6.07 Å². The number of hydrogen-bond donors (Lipinski definition) is 1. The molecule has 0 aliphatic carbocycles. The van der Waals surface area contributed by atoms with Crippen molar-refractivity contribution in [2.45, 2.75) is 19.9 Å². The Morgan fingerprint density at radius 1 is 1.20 bits per heavy atom. The van der Waals surface area contributed by atoms with Crippen molar-refractivity contribution >= 4 is 0 Å². The van der Waals surface area contributed by atoms with Crippen LogP contribution in [0, 0.1) is 12.7 Å². The van der Waals surface area contributed by atoms with Gasteiger partial charge in [0.25, 0.3) is 0 Å². The van der Waals surface area contributed by atoms with E-state index in [0.29, 0.717) is 0 Å². The summed E-state index contributed by atoms with van der Waals surface area (Å²) in [6, 6.07) is 12.7. The number of nitrogens with one attached hydrogen (secondary N) is 1. The van der Waals surface area contributed by atoms with Crippen molar-refractivity contribution in [1.29, 1.82) is 0 Å². The van der Waals surface area contributed by atoms with E-state index in [2.05, 4.69) is 11.4 Å². The molecule has 0 spiro atoms. The minimum absolute atomic E-state index is 0.0782. The van der Waals surface area contributed by atoms with Crippen molar-refractivity contribution in [3.63, 3.8) is 0 Å². The lowest BCUT2D eigenvalue weighted by Gasteiger charge is -2.22. The molecule has 106 valence electrons. The summed E-state index contributed by atoms with van der Waals surface area (Å²) in [6.45, 7) is 4.87. The first-order valence-corrected chi connectivity index (χ1v) is 6.79. The molecule has 2 nitrogen and oxygen atoms in total. The number of halogens is 1. The van der Waals surface area contributed by atoms with Crippen LogP contribution >= 0.6 is 0 Å². The first kappa shape index (κ1) is 14.5. The van der Waals surface area contributed by atoms with Gasteiger partial charge < -0.3 is 10.1 Å². The highest BCUT2D eigenvalue weighted by Crippen LogP contribution is 2.31. The largest absolute Gasteiger partial charge is 0.496 e. The second-order valence-corrected chi connectivity index (χ2v) is 4.79. The zero-order chi connectivity index (χ0) is 14.5. The normalized spacial score (nSPS) is 12.2. The maximum atomic E-state index is 13.5. The minimum atomic E-state index is -0.225. The van der Waals surface area contributed by atoms with Crippen LogP contribution in [0.5, 0.6) is 5.75 Å². The summed E-state index contributed by atoms with van der Waals surface area (Å²) in [5.74, 6) is 0.586. The van der Waals surface area contributed by atoms with Crippen LogP contribution in [0.3, 0.4) is 0 Å².